The monoisotopic (exact) mass is 416 g/mol. The summed E-state index contributed by atoms with van der Waals surface area (Å²) in [7, 11) is -3.10. The van der Waals surface area contributed by atoms with E-state index in [1.54, 1.807) is 12.3 Å². The van der Waals surface area contributed by atoms with E-state index in [9.17, 15) is 18.0 Å². The maximum atomic E-state index is 12.5. The Kier molecular flexibility index (Phi) is 6.64. The number of aromatic nitrogens is 1. The van der Waals surface area contributed by atoms with Gasteiger partial charge in [0.15, 0.2) is 16.4 Å². The summed E-state index contributed by atoms with van der Waals surface area (Å²) in [6.45, 7) is 1.94. The van der Waals surface area contributed by atoms with Gasteiger partial charge in [0.05, 0.1) is 17.0 Å². The average molecular weight is 416 g/mol. The number of esters is 1. The lowest BCUT2D eigenvalue weighted by molar-refractivity contribution is -0.149. The quantitative estimate of drug-likeness (QED) is 0.507. The molecule has 1 aliphatic rings. The molecule has 7 nitrogen and oxygen atoms in total. The molecule has 8 heteroatoms. The van der Waals surface area contributed by atoms with Crippen molar-refractivity contribution in [1.29, 1.82) is 0 Å². The number of pyridine rings is 1. The molecule has 3 rings (SSSR count). The lowest BCUT2D eigenvalue weighted by Crippen LogP contribution is -2.43. The van der Waals surface area contributed by atoms with Crippen LogP contribution < -0.4 is 0 Å². The molecule has 0 N–H and O–H groups in total. The number of carbonyl (C=O) groups excluding carboxylic acids is 2. The molecule has 1 amide bonds. The molecule has 1 aliphatic heterocycles. The first kappa shape index (κ1) is 21.0. The second-order valence-electron chi connectivity index (χ2n) is 7.01. The fourth-order valence-electron chi connectivity index (χ4n) is 3.46. The Morgan fingerprint density at radius 3 is 2.79 bits per heavy atom. The SMILES string of the molecule is CCCN(C(=O)COC(=O)/C=C/c1cccc2cccnc12)C1CCS(=O)(=O)C1. The standard InChI is InChI=1S/C21H24N2O5S/c1-2-12-23(18-10-13-29(26,27)15-18)19(24)14-28-20(25)9-8-17-6-3-5-16-7-4-11-22-21(16)17/h3-9,11,18H,2,10,12-15H2,1H3/b9-8+. The summed E-state index contributed by atoms with van der Waals surface area (Å²) in [6, 6.07) is 9.07. The molecule has 1 aromatic heterocycles. The highest BCUT2D eigenvalue weighted by Crippen LogP contribution is 2.19. The van der Waals surface area contributed by atoms with E-state index in [1.807, 2.05) is 37.3 Å². The Morgan fingerprint density at radius 2 is 2.07 bits per heavy atom. The predicted octanol–water partition coefficient (Wildman–Crippen LogP) is 2.22. The van der Waals surface area contributed by atoms with E-state index in [0.29, 0.717) is 19.4 Å². The Morgan fingerprint density at radius 1 is 1.28 bits per heavy atom. The van der Waals surface area contributed by atoms with Crippen molar-refractivity contribution in [3.8, 4) is 0 Å². The highest BCUT2D eigenvalue weighted by Gasteiger charge is 2.34. The number of nitrogens with zero attached hydrogens (tertiary/aromatic N) is 2. The first-order valence-corrected chi connectivity index (χ1v) is 11.4. The van der Waals surface area contributed by atoms with Crippen LogP contribution in [0.25, 0.3) is 17.0 Å². The molecule has 1 fully saturated rings. The van der Waals surface area contributed by atoms with Crippen LogP contribution in [0.5, 0.6) is 0 Å². The maximum Gasteiger partial charge on any atom is 0.331 e. The number of benzene rings is 1. The Hall–Kier alpha value is -2.74. The molecule has 29 heavy (non-hydrogen) atoms. The third-order valence-electron chi connectivity index (χ3n) is 4.83. The number of para-hydroxylation sites is 1. The van der Waals surface area contributed by atoms with Crippen molar-refractivity contribution < 1.29 is 22.7 Å². The number of hydrogen-bond acceptors (Lipinski definition) is 6. The minimum absolute atomic E-state index is 0.0271. The number of ether oxygens (including phenoxy) is 1. The highest BCUT2D eigenvalue weighted by molar-refractivity contribution is 7.91. The number of amides is 1. The largest absolute Gasteiger partial charge is 0.452 e. The fourth-order valence-corrected chi connectivity index (χ4v) is 5.19. The molecular formula is C21H24N2O5S. The minimum Gasteiger partial charge on any atom is -0.452 e. The number of hydrogen-bond donors (Lipinski definition) is 0. The summed E-state index contributed by atoms with van der Waals surface area (Å²) in [5.41, 5.74) is 1.54. The van der Waals surface area contributed by atoms with Gasteiger partial charge in [-0.15, -0.1) is 0 Å². The molecular weight excluding hydrogens is 392 g/mol. The van der Waals surface area contributed by atoms with Crippen molar-refractivity contribution in [2.75, 3.05) is 24.7 Å². The van der Waals surface area contributed by atoms with Crippen molar-refractivity contribution in [3.05, 3.63) is 48.2 Å². The van der Waals surface area contributed by atoms with E-state index in [4.69, 9.17) is 4.74 Å². The molecule has 0 bridgehead atoms. The van der Waals surface area contributed by atoms with Crippen molar-refractivity contribution in [1.82, 2.24) is 9.88 Å². The van der Waals surface area contributed by atoms with E-state index in [1.165, 1.54) is 11.0 Å². The van der Waals surface area contributed by atoms with Crippen LogP contribution in [0.2, 0.25) is 0 Å². The molecule has 0 spiro atoms. The zero-order valence-electron chi connectivity index (χ0n) is 16.3. The highest BCUT2D eigenvalue weighted by atomic mass is 32.2. The van der Waals surface area contributed by atoms with Crippen molar-refractivity contribution in [3.63, 3.8) is 0 Å². The van der Waals surface area contributed by atoms with Crippen LogP contribution in [-0.2, 0) is 24.2 Å². The Labute approximate surface area is 170 Å². The van der Waals surface area contributed by atoms with Crippen LogP contribution >= 0.6 is 0 Å². The molecule has 1 aromatic carbocycles. The summed E-state index contributed by atoms with van der Waals surface area (Å²) in [5.74, 6) is -0.947. The summed E-state index contributed by atoms with van der Waals surface area (Å²) >= 11 is 0. The van der Waals surface area contributed by atoms with E-state index in [2.05, 4.69) is 4.98 Å². The van der Waals surface area contributed by atoms with Crippen LogP contribution in [0.4, 0.5) is 0 Å². The molecule has 0 saturated carbocycles. The lowest BCUT2D eigenvalue weighted by Gasteiger charge is -2.27. The van der Waals surface area contributed by atoms with Crippen LogP contribution in [-0.4, -0.2) is 60.9 Å². The van der Waals surface area contributed by atoms with Gasteiger partial charge in [-0.05, 0) is 25.0 Å². The number of carbonyl (C=O) groups is 2. The van der Waals surface area contributed by atoms with Crippen molar-refractivity contribution in [2.24, 2.45) is 0 Å². The zero-order chi connectivity index (χ0) is 20.9. The van der Waals surface area contributed by atoms with Gasteiger partial charge in [0.1, 0.15) is 0 Å². The first-order valence-electron chi connectivity index (χ1n) is 9.58. The van der Waals surface area contributed by atoms with Gasteiger partial charge in [-0.3, -0.25) is 9.78 Å². The number of rotatable bonds is 7. The first-order chi connectivity index (χ1) is 13.9. The van der Waals surface area contributed by atoms with Crippen LogP contribution in [0.15, 0.2) is 42.6 Å². The third kappa shape index (κ3) is 5.41. The van der Waals surface area contributed by atoms with Gasteiger partial charge in [-0.1, -0.05) is 31.2 Å². The second-order valence-corrected chi connectivity index (χ2v) is 9.24. The Bertz CT molecular complexity index is 1030. The fraction of sp³-hybridized carbons (Fsp3) is 0.381. The van der Waals surface area contributed by atoms with Crippen LogP contribution in [0.1, 0.15) is 25.3 Å². The van der Waals surface area contributed by atoms with Crippen molar-refractivity contribution >= 4 is 38.7 Å². The number of fused-ring (bicyclic) bond motifs is 1. The lowest BCUT2D eigenvalue weighted by atomic mass is 10.1. The van der Waals surface area contributed by atoms with Gasteiger partial charge < -0.3 is 9.64 Å². The van der Waals surface area contributed by atoms with Crippen LogP contribution in [0, 0.1) is 0 Å². The average Bonchev–Trinajstić information content (AvgIpc) is 3.07. The summed E-state index contributed by atoms with van der Waals surface area (Å²) < 4.78 is 28.5. The summed E-state index contributed by atoms with van der Waals surface area (Å²) in [4.78, 5) is 30.4. The summed E-state index contributed by atoms with van der Waals surface area (Å²) in [6.07, 6.45) is 5.68. The van der Waals surface area contributed by atoms with E-state index in [-0.39, 0.29) is 23.5 Å². The molecule has 0 aliphatic carbocycles. The van der Waals surface area contributed by atoms with Gasteiger partial charge in [0.25, 0.3) is 5.91 Å². The number of sulfone groups is 1. The predicted molar refractivity (Wildman–Crippen MR) is 111 cm³/mol. The van der Waals surface area contributed by atoms with E-state index >= 15 is 0 Å². The topological polar surface area (TPSA) is 93.6 Å². The molecule has 2 aromatic rings. The Balaban J connectivity index is 1.60. The maximum absolute atomic E-state index is 12.5. The van der Waals surface area contributed by atoms with Gasteiger partial charge in [-0.2, -0.15) is 0 Å². The van der Waals surface area contributed by atoms with Crippen molar-refractivity contribution in [2.45, 2.75) is 25.8 Å². The molecule has 2 heterocycles. The zero-order valence-corrected chi connectivity index (χ0v) is 17.1. The molecule has 1 saturated heterocycles. The normalized spacial score (nSPS) is 18.2. The van der Waals surface area contributed by atoms with Crippen LogP contribution in [0.3, 0.4) is 0 Å². The van der Waals surface area contributed by atoms with Gasteiger partial charge in [0.2, 0.25) is 0 Å². The molecule has 154 valence electrons. The van der Waals surface area contributed by atoms with Gasteiger partial charge >= 0.3 is 5.97 Å². The second kappa shape index (κ2) is 9.17. The third-order valence-corrected chi connectivity index (χ3v) is 6.59. The smallest absolute Gasteiger partial charge is 0.331 e. The van der Waals surface area contributed by atoms with Gasteiger partial charge in [-0.25, -0.2) is 13.2 Å². The molecule has 0 radical (unpaired) electrons. The van der Waals surface area contributed by atoms with E-state index < -0.39 is 22.4 Å². The molecule has 1 unspecified atom stereocenters. The van der Waals surface area contributed by atoms with E-state index in [0.717, 1.165) is 16.5 Å². The summed E-state index contributed by atoms with van der Waals surface area (Å²) in [5, 5.41) is 0.958. The molecule has 1 atom stereocenters. The van der Waals surface area contributed by atoms with Gasteiger partial charge in [0, 0.05) is 35.8 Å². The minimum atomic E-state index is -3.10.